The van der Waals surface area contributed by atoms with Gasteiger partial charge in [0.2, 0.25) is 0 Å². The summed E-state index contributed by atoms with van der Waals surface area (Å²) in [6.45, 7) is 3.60. The molecule has 0 heterocycles. The van der Waals surface area contributed by atoms with E-state index in [4.69, 9.17) is 11.7 Å². The van der Waals surface area contributed by atoms with Crippen LogP contribution in [0.5, 0.6) is 0 Å². The fraction of sp³-hybridized carbons (Fsp3) is 1.00. The molecule has 0 atom stereocenters. The van der Waals surface area contributed by atoms with E-state index < -0.39 is 0 Å². The Kier molecular flexibility index (Phi) is 6.39. The summed E-state index contributed by atoms with van der Waals surface area (Å²) in [6, 6.07) is 0. The summed E-state index contributed by atoms with van der Waals surface area (Å²) < 4.78 is 0. The Hall–Kier alpha value is -0.200. The van der Waals surface area contributed by atoms with Crippen molar-refractivity contribution in [3.63, 3.8) is 0 Å². The molecule has 0 aliphatic rings. The van der Waals surface area contributed by atoms with Crippen molar-refractivity contribution >= 4 is 0 Å². The highest BCUT2D eigenvalue weighted by atomic mass is 15.6. The minimum atomic E-state index is 0.695. The van der Waals surface area contributed by atoms with E-state index >= 15 is 0 Å². The first-order valence-corrected chi connectivity index (χ1v) is 3.77. The highest BCUT2D eigenvalue weighted by molar-refractivity contribution is 4.53. The van der Waals surface area contributed by atoms with E-state index in [-0.39, 0.29) is 0 Å². The molecule has 0 spiro atoms. The van der Waals surface area contributed by atoms with Crippen LogP contribution >= 0.6 is 0 Å². The summed E-state index contributed by atoms with van der Waals surface area (Å²) >= 11 is 0. The van der Waals surface area contributed by atoms with E-state index in [1.54, 1.807) is 0 Å². The molecule has 0 aliphatic heterocycles. The summed E-state index contributed by atoms with van der Waals surface area (Å²) in [5, 5.41) is 4.27. The first-order chi connectivity index (χ1) is 5.16. The number of hydrazine groups is 2. The van der Waals surface area contributed by atoms with E-state index in [0.29, 0.717) is 6.54 Å². The number of likely N-dealkylation sites (N-methyl/N-ethyl adjacent to an activating group) is 2. The largest absolute Gasteiger partial charge is 0.318 e. The smallest absolute Gasteiger partial charge is 0.0410 e. The third-order valence-corrected chi connectivity index (χ3v) is 1.48. The van der Waals surface area contributed by atoms with Gasteiger partial charge in [-0.3, -0.25) is 11.7 Å². The minimum absolute atomic E-state index is 0.695. The maximum absolute atomic E-state index is 5.24. The lowest BCUT2D eigenvalue weighted by molar-refractivity contribution is 0.234. The number of nitrogens with two attached hydrogens (primary N) is 2. The Morgan fingerprint density at radius 3 is 2.27 bits per heavy atom. The standard InChI is InChI=1S/C6H19N5/c1-9-3-4-10(2)5-6-11(7)8/h9H,3-8H2,1-2H3. The second kappa shape index (κ2) is 6.51. The average Bonchev–Trinajstić information content (AvgIpc) is 1.97. The van der Waals surface area contributed by atoms with Gasteiger partial charge < -0.3 is 10.2 Å². The molecule has 68 valence electrons. The molecule has 5 heteroatoms. The van der Waals surface area contributed by atoms with Crippen LogP contribution in [-0.2, 0) is 0 Å². The molecule has 0 aromatic carbocycles. The summed E-state index contributed by atoms with van der Waals surface area (Å²) in [5.74, 6) is 10.5. The normalized spacial score (nSPS) is 11.5. The zero-order valence-electron chi connectivity index (χ0n) is 7.38. The van der Waals surface area contributed by atoms with Crippen molar-refractivity contribution in [2.75, 3.05) is 40.3 Å². The van der Waals surface area contributed by atoms with Gasteiger partial charge in [-0.05, 0) is 14.1 Å². The average molecular weight is 161 g/mol. The van der Waals surface area contributed by atoms with Gasteiger partial charge in [0.1, 0.15) is 0 Å². The van der Waals surface area contributed by atoms with Gasteiger partial charge in [0.15, 0.2) is 0 Å². The van der Waals surface area contributed by atoms with Gasteiger partial charge >= 0.3 is 0 Å². The van der Waals surface area contributed by atoms with Crippen molar-refractivity contribution in [3.05, 3.63) is 0 Å². The Labute approximate surface area is 68.3 Å². The van der Waals surface area contributed by atoms with Crippen molar-refractivity contribution < 1.29 is 0 Å². The summed E-state index contributed by atoms with van der Waals surface area (Å²) in [4.78, 5) is 2.17. The SMILES string of the molecule is CNCCN(C)CCN(N)N. The van der Waals surface area contributed by atoms with Crippen LogP contribution in [0.15, 0.2) is 0 Å². The maximum Gasteiger partial charge on any atom is 0.0410 e. The topological polar surface area (TPSA) is 70.5 Å². The zero-order valence-corrected chi connectivity index (χ0v) is 7.38. The predicted molar refractivity (Wildman–Crippen MR) is 46.5 cm³/mol. The minimum Gasteiger partial charge on any atom is -0.318 e. The maximum atomic E-state index is 5.24. The lowest BCUT2D eigenvalue weighted by Gasteiger charge is -2.18. The van der Waals surface area contributed by atoms with Crippen LogP contribution in [0.2, 0.25) is 0 Å². The van der Waals surface area contributed by atoms with Gasteiger partial charge in [-0.25, -0.2) is 0 Å². The summed E-state index contributed by atoms with van der Waals surface area (Å²) in [6.07, 6.45) is 0. The van der Waals surface area contributed by atoms with E-state index in [1.165, 1.54) is 5.12 Å². The molecular formula is C6H19N5. The summed E-state index contributed by atoms with van der Waals surface area (Å²) in [7, 11) is 3.98. The highest BCUT2D eigenvalue weighted by Gasteiger charge is 1.97. The van der Waals surface area contributed by atoms with E-state index in [1.807, 2.05) is 14.1 Å². The number of nitrogens with zero attached hydrogens (tertiary/aromatic N) is 2. The van der Waals surface area contributed by atoms with Crippen LogP contribution in [0.1, 0.15) is 0 Å². The molecule has 0 radical (unpaired) electrons. The third-order valence-electron chi connectivity index (χ3n) is 1.48. The van der Waals surface area contributed by atoms with Crippen molar-refractivity contribution in [3.8, 4) is 0 Å². The van der Waals surface area contributed by atoms with Crippen molar-refractivity contribution in [1.29, 1.82) is 0 Å². The van der Waals surface area contributed by atoms with Gasteiger partial charge in [-0.2, -0.15) is 5.12 Å². The van der Waals surface area contributed by atoms with Gasteiger partial charge in [0.05, 0.1) is 0 Å². The highest BCUT2D eigenvalue weighted by Crippen LogP contribution is 1.79. The molecule has 0 amide bonds. The van der Waals surface area contributed by atoms with Crippen LogP contribution in [0.3, 0.4) is 0 Å². The molecule has 0 unspecified atom stereocenters. The van der Waals surface area contributed by atoms with E-state index in [2.05, 4.69) is 10.2 Å². The summed E-state index contributed by atoms with van der Waals surface area (Å²) in [5.41, 5.74) is 0. The fourth-order valence-corrected chi connectivity index (χ4v) is 0.701. The molecule has 0 aliphatic carbocycles. The van der Waals surface area contributed by atoms with Crippen molar-refractivity contribution in [1.82, 2.24) is 15.3 Å². The first-order valence-electron chi connectivity index (χ1n) is 3.77. The predicted octanol–water partition coefficient (Wildman–Crippen LogP) is -1.81. The third kappa shape index (κ3) is 7.70. The molecule has 0 bridgehead atoms. The number of hydrogen-bond donors (Lipinski definition) is 3. The first kappa shape index (κ1) is 10.8. The number of rotatable bonds is 6. The molecule has 0 fully saturated rings. The molecule has 5 nitrogen and oxygen atoms in total. The van der Waals surface area contributed by atoms with Crippen LogP contribution in [0.25, 0.3) is 0 Å². The molecule has 0 saturated heterocycles. The second-order valence-corrected chi connectivity index (χ2v) is 2.64. The van der Waals surface area contributed by atoms with Crippen LogP contribution in [0, 0.1) is 0 Å². The quantitative estimate of drug-likeness (QED) is 0.316. The van der Waals surface area contributed by atoms with Crippen molar-refractivity contribution in [2.45, 2.75) is 0 Å². The monoisotopic (exact) mass is 161 g/mol. The van der Waals surface area contributed by atoms with E-state index in [0.717, 1.165) is 19.6 Å². The Bertz CT molecular complexity index is 85.0. The van der Waals surface area contributed by atoms with Crippen molar-refractivity contribution in [2.24, 2.45) is 11.7 Å². The molecule has 0 aromatic heterocycles. The Balaban J connectivity index is 3.15. The molecule has 11 heavy (non-hydrogen) atoms. The van der Waals surface area contributed by atoms with Gasteiger partial charge in [0, 0.05) is 26.2 Å². The Morgan fingerprint density at radius 1 is 1.18 bits per heavy atom. The lowest BCUT2D eigenvalue weighted by atomic mass is 10.5. The number of nitrogens with one attached hydrogen (secondary N) is 1. The van der Waals surface area contributed by atoms with Gasteiger partial charge in [-0.1, -0.05) is 0 Å². The van der Waals surface area contributed by atoms with Crippen LogP contribution in [0.4, 0.5) is 0 Å². The zero-order chi connectivity index (χ0) is 8.69. The molecule has 0 rings (SSSR count). The van der Waals surface area contributed by atoms with Crippen LogP contribution < -0.4 is 17.0 Å². The lowest BCUT2D eigenvalue weighted by Crippen LogP contribution is -2.43. The molecule has 0 saturated carbocycles. The van der Waals surface area contributed by atoms with Crippen LogP contribution in [-0.4, -0.2) is 50.3 Å². The molecular weight excluding hydrogens is 142 g/mol. The molecule has 5 N–H and O–H groups in total. The fourth-order valence-electron chi connectivity index (χ4n) is 0.701. The second-order valence-electron chi connectivity index (χ2n) is 2.64. The van der Waals surface area contributed by atoms with Gasteiger partial charge in [0.25, 0.3) is 0 Å². The van der Waals surface area contributed by atoms with Gasteiger partial charge in [-0.15, -0.1) is 0 Å². The van der Waals surface area contributed by atoms with E-state index in [9.17, 15) is 0 Å². The molecule has 0 aromatic rings. The Morgan fingerprint density at radius 2 is 1.82 bits per heavy atom. The number of hydrogen-bond acceptors (Lipinski definition) is 5.